The molecule has 3 fully saturated rings. The lowest BCUT2D eigenvalue weighted by atomic mass is 9.79. The van der Waals surface area contributed by atoms with Crippen LogP contribution >= 0.6 is 69.6 Å². The van der Waals surface area contributed by atoms with Gasteiger partial charge in [-0.1, -0.05) is 41.4 Å². The molecule has 0 N–H and O–H groups in total. The lowest BCUT2D eigenvalue weighted by molar-refractivity contribution is -0.175. The highest BCUT2D eigenvalue weighted by molar-refractivity contribution is 6.63. The average molecular weight is 492 g/mol. The molecule has 1 saturated heterocycles. The van der Waals surface area contributed by atoms with E-state index < -0.39 is 54.5 Å². The van der Waals surface area contributed by atoms with E-state index in [0.29, 0.717) is 5.06 Å². The van der Waals surface area contributed by atoms with Crippen LogP contribution < -0.4 is 0 Å². The zero-order chi connectivity index (χ0) is 19.9. The molecule has 5 nitrogen and oxygen atoms in total. The minimum absolute atomic E-state index is 0.147. The zero-order valence-electron chi connectivity index (χ0n) is 13.0. The molecule has 1 aromatic carbocycles. The van der Waals surface area contributed by atoms with Crippen LogP contribution in [0.2, 0.25) is 0 Å². The summed E-state index contributed by atoms with van der Waals surface area (Å²) in [6.45, 7) is 0. The predicted molar refractivity (Wildman–Crippen MR) is 102 cm³/mol. The van der Waals surface area contributed by atoms with Gasteiger partial charge in [0.2, 0.25) is 0 Å². The van der Waals surface area contributed by atoms with Crippen LogP contribution in [0.5, 0.6) is 0 Å². The molecule has 11 heteroatoms. The Balaban J connectivity index is 1.72. The van der Waals surface area contributed by atoms with E-state index in [2.05, 4.69) is 0 Å². The SMILES string of the molecule is O=C(ON1C(=O)C2C(C1=O)C1(Cl)C(Cl)C(Cl)C2(Cl)C1(Cl)Cl)c1ccccc1. The van der Waals surface area contributed by atoms with Crippen molar-refractivity contribution in [2.45, 2.75) is 24.8 Å². The first-order valence-corrected chi connectivity index (χ1v) is 10.1. The number of hydrogen-bond donors (Lipinski definition) is 0. The number of imide groups is 1. The lowest BCUT2D eigenvalue weighted by Gasteiger charge is -2.35. The van der Waals surface area contributed by atoms with Crippen molar-refractivity contribution >= 4 is 87.4 Å². The maximum absolute atomic E-state index is 12.9. The Bertz CT molecular complexity index is 824. The van der Waals surface area contributed by atoms with Gasteiger partial charge < -0.3 is 4.84 Å². The van der Waals surface area contributed by atoms with Crippen LogP contribution in [0.25, 0.3) is 0 Å². The van der Waals surface area contributed by atoms with E-state index >= 15 is 0 Å². The molecule has 3 aliphatic rings. The van der Waals surface area contributed by atoms with Crippen molar-refractivity contribution in [1.29, 1.82) is 0 Å². The summed E-state index contributed by atoms with van der Waals surface area (Å²) in [7, 11) is 0. The average Bonchev–Trinajstić information content (AvgIpc) is 3.01. The lowest BCUT2D eigenvalue weighted by Crippen LogP contribution is -2.51. The van der Waals surface area contributed by atoms with Gasteiger partial charge in [0.05, 0.1) is 28.2 Å². The van der Waals surface area contributed by atoms with Crippen LogP contribution in [0.4, 0.5) is 0 Å². The Kier molecular flexibility index (Phi) is 4.44. The van der Waals surface area contributed by atoms with E-state index in [9.17, 15) is 14.4 Å². The number of fused-ring (bicyclic) bond motifs is 5. The Morgan fingerprint density at radius 1 is 0.889 bits per heavy atom. The van der Waals surface area contributed by atoms with Crippen molar-refractivity contribution in [2.75, 3.05) is 0 Å². The summed E-state index contributed by atoms with van der Waals surface area (Å²) in [5.41, 5.74) is 0.147. The minimum atomic E-state index is -1.96. The number of amides is 2. The van der Waals surface area contributed by atoms with Gasteiger partial charge in [-0.2, -0.15) is 0 Å². The molecule has 27 heavy (non-hydrogen) atoms. The second-order valence-corrected chi connectivity index (χ2v) is 10.1. The first kappa shape index (κ1) is 19.9. The smallest absolute Gasteiger partial charge is 0.325 e. The number of halogens is 6. The van der Waals surface area contributed by atoms with E-state index in [-0.39, 0.29) is 5.56 Å². The third-order valence-corrected chi connectivity index (χ3v) is 10.1. The molecule has 0 radical (unpaired) electrons. The third-order valence-electron chi connectivity index (χ3n) is 5.38. The van der Waals surface area contributed by atoms with Gasteiger partial charge in [0.1, 0.15) is 9.75 Å². The number of hydrogen-bond acceptors (Lipinski definition) is 4. The second kappa shape index (κ2) is 6.04. The number of carbonyl (C=O) groups excluding carboxylic acids is 3. The third kappa shape index (κ3) is 2.13. The molecule has 6 unspecified atom stereocenters. The van der Waals surface area contributed by atoms with Gasteiger partial charge in [-0.25, -0.2) is 4.79 Å². The summed E-state index contributed by atoms with van der Waals surface area (Å²) in [4.78, 5) is 39.5. The molecule has 4 rings (SSSR count). The highest BCUT2D eigenvalue weighted by atomic mass is 35.5. The van der Waals surface area contributed by atoms with Crippen LogP contribution in [0.3, 0.4) is 0 Å². The van der Waals surface area contributed by atoms with E-state index in [1.807, 2.05) is 0 Å². The molecule has 1 aliphatic heterocycles. The Hall–Kier alpha value is -0.430. The first-order valence-electron chi connectivity index (χ1n) is 7.70. The molecule has 2 amide bonds. The summed E-state index contributed by atoms with van der Waals surface area (Å²) in [6, 6.07) is 7.84. The van der Waals surface area contributed by atoms with Crippen molar-refractivity contribution in [2.24, 2.45) is 11.8 Å². The number of alkyl halides is 6. The molecular formula is C16H9Cl6NO4. The van der Waals surface area contributed by atoms with Gasteiger partial charge in [0.15, 0.2) is 4.33 Å². The number of hydroxylamine groups is 2. The molecule has 2 saturated carbocycles. The molecule has 1 heterocycles. The summed E-state index contributed by atoms with van der Waals surface area (Å²) in [6.07, 6.45) is 0. The van der Waals surface area contributed by atoms with E-state index in [1.165, 1.54) is 12.1 Å². The largest absolute Gasteiger partial charge is 0.363 e. The molecule has 0 spiro atoms. The monoisotopic (exact) mass is 489 g/mol. The van der Waals surface area contributed by atoms with Crippen LogP contribution in [-0.2, 0) is 14.4 Å². The first-order chi connectivity index (χ1) is 12.5. The number of nitrogens with zero attached hydrogens (tertiary/aromatic N) is 1. The van der Waals surface area contributed by atoms with Crippen molar-refractivity contribution in [3.05, 3.63) is 35.9 Å². The normalized spacial score (nSPS) is 41.8. The van der Waals surface area contributed by atoms with Crippen LogP contribution in [0, 0.1) is 11.8 Å². The standard InChI is InChI=1S/C16H9Cl6NO4/c17-9-10(18)15(20)8-7(14(9,19)16(15,21)22)11(24)23(12(8)25)27-13(26)6-4-2-1-3-5-6/h1-5,7-10H. The molecule has 2 bridgehead atoms. The molecule has 6 atom stereocenters. The molecule has 2 aliphatic carbocycles. The molecule has 0 aromatic heterocycles. The van der Waals surface area contributed by atoms with E-state index in [4.69, 9.17) is 74.4 Å². The highest BCUT2D eigenvalue weighted by Gasteiger charge is 2.91. The van der Waals surface area contributed by atoms with Crippen molar-refractivity contribution in [3.8, 4) is 0 Å². The van der Waals surface area contributed by atoms with Gasteiger partial charge in [-0.05, 0) is 12.1 Å². The van der Waals surface area contributed by atoms with E-state index in [1.54, 1.807) is 18.2 Å². The fourth-order valence-corrected chi connectivity index (χ4v) is 7.43. The zero-order valence-corrected chi connectivity index (χ0v) is 17.6. The summed E-state index contributed by atoms with van der Waals surface area (Å²) < 4.78 is -1.96. The minimum Gasteiger partial charge on any atom is -0.325 e. The van der Waals surface area contributed by atoms with Gasteiger partial charge in [-0.15, -0.1) is 51.5 Å². The van der Waals surface area contributed by atoms with Crippen molar-refractivity contribution in [3.63, 3.8) is 0 Å². The van der Waals surface area contributed by atoms with E-state index in [0.717, 1.165) is 0 Å². The van der Waals surface area contributed by atoms with Crippen LogP contribution in [0.15, 0.2) is 30.3 Å². The fraction of sp³-hybridized carbons (Fsp3) is 0.438. The molecule has 1 aromatic rings. The number of rotatable bonds is 2. The van der Waals surface area contributed by atoms with Crippen molar-refractivity contribution < 1.29 is 19.2 Å². The summed E-state index contributed by atoms with van der Waals surface area (Å²) in [5, 5.41) is -1.85. The summed E-state index contributed by atoms with van der Waals surface area (Å²) in [5.74, 6) is -5.27. The number of benzene rings is 1. The topological polar surface area (TPSA) is 63.7 Å². The van der Waals surface area contributed by atoms with Gasteiger partial charge in [-0.3, -0.25) is 9.59 Å². The van der Waals surface area contributed by atoms with Crippen LogP contribution in [0.1, 0.15) is 10.4 Å². The Morgan fingerprint density at radius 3 is 1.78 bits per heavy atom. The van der Waals surface area contributed by atoms with Gasteiger partial charge in [0, 0.05) is 0 Å². The maximum atomic E-state index is 12.9. The Morgan fingerprint density at radius 2 is 1.33 bits per heavy atom. The Labute approximate surface area is 183 Å². The fourth-order valence-electron chi connectivity index (χ4n) is 4.09. The predicted octanol–water partition coefficient (Wildman–Crippen LogP) is 3.73. The van der Waals surface area contributed by atoms with Gasteiger partial charge >= 0.3 is 5.97 Å². The number of carbonyl (C=O) groups is 3. The second-order valence-electron chi connectivity index (χ2n) is 6.58. The maximum Gasteiger partial charge on any atom is 0.363 e. The summed E-state index contributed by atoms with van der Waals surface area (Å²) >= 11 is 38.6. The quantitative estimate of drug-likeness (QED) is 0.467. The molecule has 144 valence electrons. The highest BCUT2D eigenvalue weighted by Crippen LogP contribution is 2.76. The molecular weight excluding hydrogens is 483 g/mol. The van der Waals surface area contributed by atoms with Crippen LogP contribution in [-0.4, -0.2) is 47.7 Å². The van der Waals surface area contributed by atoms with Crippen molar-refractivity contribution in [1.82, 2.24) is 5.06 Å². The van der Waals surface area contributed by atoms with Gasteiger partial charge in [0.25, 0.3) is 11.8 Å².